The van der Waals surface area contributed by atoms with Gasteiger partial charge in [0.25, 0.3) is 0 Å². The molecule has 0 fully saturated rings. The second-order valence-corrected chi connectivity index (χ2v) is 4.50. The Bertz CT molecular complexity index is 467. The van der Waals surface area contributed by atoms with Gasteiger partial charge in [-0.25, -0.2) is 0 Å². The largest absolute Gasteiger partial charge is 0.351 e. The lowest BCUT2D eigenvalue weighted by Crippen LogP contribution is -2.33. The highest BCUT2D eigenvalue weighted by atomic mass is 16.1. The van der Waals surface area contributed by atoms with Gasteiger partial charge in [0.15, 0.2) is 0 Å². The molecule has 3 heteroatoms. The predicted octanol–water partition coefficient (Wildman–Crippen LogP) is 1.80. The van der Waals surface area contributed by atoms with Gasteiger partial charge in [-0.2, -0.15) is 0 Å². The molecule has 1 aromatic carbocycles. The molecule has 0 saturated carbocycles. The second kappa shape index (κ2) is 8.12. The third-order valence-corrected chi connectivity index (χ3v) is 2.48. The molecular weight excluding hydrogens is 236 g/mol. The molecule has 0 saturated heterocycles. The van der Waals surface area contributed by atoms with Crippen molar-refractivity contribution < 1.29 is 4.79 Å². The first-order valence-corrected chi connectivity index (χ1v) is 6.38. The first-order chi connectivity index (χ1) is 9.11. The van der Waals surface area contributed by atoms with Crippen molar-refractivity contribution in [3.8, 4) is 12.3 Å². The number of hydrogen-bond acceptors (Lipinski definition) is 2. The maximum atomic E-state index is 11.5. The van der Waals surface area contributed by atoms with E-state index in [0.717, 1.165) is 17.7 Å². The molecule has 0 atom stereocenters. The normalized spacial score (nSPS) is 10.6. The van der Waals surface area contributed by atoms with E-state index in [1.165, 1.54) is 6.08 Å². The van der Waals surface area contributed by atoms with Crippen molar-refractivity contribution in [2.24, 2.45) is 0 Å². The quantitative estimate of drug-likeness (QED) is 0.463. The zero-order valence-electron chi connectivity index (χ0n) is 11.4. The molecule has 0 aromatic heterocycles. The third kappa shape index (κ3) is 6.44. The highest BCUT2D eigenvalue weighted by Crippen LogP contribution is 2.04. The summed E-state index contributed by atoms with van der Waals surface area (Å²) in [6.45, 7) is 5.54. The average Bonchev–Trinajstić information content (AvgIpc) is 2.41. The first kappa shape index (κ1) is 15.0. The Morgan fingerprint density at radius 1 is 1.32 bits per heavy atom. The predicted molar refractivity (Wildman–Crippen MR) is 79.6 cm³/mol. The van der Waals surface area contributed by atoms with Gasteiger partial charge in [0, 0.05) is 30.8 Å². The smallest absolute Gasteiger partial charge is 0.244 e. The molecule has 0 unspecified atom stereocenters. The number of nitrogens with one attached hydrogen (secondary N) is 2. The monoisotopic (exact) mass is 256 g/mol. The molecule has 19 heavy (non-hydrogen) atoms. The molecule has 1 aromatic rings. The topological polar surface area (TPSA) is 41.1 Å². The van der Waals surface area contributed by atoms with E-state index in [4.69, 9.17) is 6.42 Å². The number of benzene rings is 1. The number of hydrogen-bond donors (Lipinski definition) is 2. The van der Waals surface area contributed by atoms with Crippen LogP contribution in [-0.4, -0.2) is 25.0 Å². The van der Waals surface area contributed by atoms with Crippen molar-refractivity contribution in [3.05, 3.63) is 41.5 Å². The fraction of sp³-hybridized carbons (Fsp3) is 0.312. The maximum Gasteiger partial charge on any atom is 0.244 e. The Labute approximate surface area is 115 Å². The van der Waals surface area contributed by atoms with Crippen LogP contribution in [0.3, 0.4) is 0 Å². The van der Waals surface area contributed by atoms with E-state index in [1.807, 2.05) is 24.3 Å². The Morgan fingerprint density at radius 3 is 2.58 bits per heavy atom. The van der Waals surface area contributed by atoms with Crippen LogP contribution < -0.4 is 10.6 Å². The van der Waals surface area contributed by atoms with Crippen molar-refractivity contribution in [3.63, 3.8) is 0 Å². The lowest BCUT2D eigenvalue weighted by atomic mass is 10.1. The van der Waals surface area contributed by atoms with Crippen LogP contribution in [0.5, 0.6) is 0 Å². The highest BCUT2D eigenvalue weighted by molar-refractivity contribution is 5.91. The summed E-state index contributed by atoms with van der Waals surface area (Å²) in [5.74, 6) is 2.46. The van der Waals surface area contributed by atoms with Crippen molar-refractivity contribution >= 4 is 12.0 Å². The van der Waals surface area contributed by atoms with E-state index >= 15 is 0 Å². The van der Waals surface area contributed by atoms with E-state index in [9.17, 15) is 4.79 Å². The van der Waals surface area contributed by atoms with E-state index in [2.05, 4.69) is 30.4 Å². The van der Waals surface area contributed by atoms with Gasteiger partial charge in [0.1, 0.15) is 0 Å². The van der Waals surface area contributed by atoms with Crippen molar-refractivity contribution in [1.29, 1.82) is 0 Å². The number of terminal acetylenes is 1. The zero-order chi connectivity index (χ0) is 14.1. The van der Waals surface area contributed by atoms with Crippen LogP contribution in [0.15, 0.2) is 30.3 Å². The van der Waals surface area contributed by atoms with Gasteiger partial charge in [0.05, 0.1) is 0 Å². The van der Waals surface area contributed by atoms with Crippen LogP contribution in [0.2, 0.25) is 0 Å². The molecule has 0 bridgehead atoms. The molecule has 3 nitrogen and oxygen atoms in total. The van der Waals surface area contributed by atoms with E-state index in [0.29, 0.717) is 12.6 Å². The fourth-order valence-corrected chi connectivity index (χ4v) is 1.47. The molecule has 0 aliphatic rings. The standard InChI is InChI=1S/C16H20N2O/c1-4-14-5-7-15(8-6-14)9-10-16(19)18-12-11-17-13(2)3/h1,5-10,13,17H,11-12H2,2-3H3,(H,18,19). The summed E-state index contributed by atoms with van der Waals surface area (Å²) in [6.07, 6.45) is 8.57. The van der Waals surface area contributed by atoms with Gasteiger partial charge in [0.2, 0.25) is 5.91 Å². The van der Waals surface area contributed by atoms with Crippen LogP contribution >= 0.6 is 0 Å². The van der Waals surface area contributed by atoms with Gasteiger partial charge < -0.3 is 10.6 Å². The second-order valence-electron chi connectivity index (χ2n) is 4.50. The summed E-state index contributed by atoms with van der Waals surface area (Å²) in [6, 6.07) is 7.91. The molecule has 1 amide bonds. The number of carbonyl (C=O) groups excluding carboxylic acids is 1. The summed E-state index contributed by atoms with van der Waals surface area (Å²) in [4.78, 5) is 11.5. The Hall–Kier alpha value is -2.05. The van der Waals surface area contributed by atoms with Gasteiger partial charge in [-0.1, -0.05) is 31.9 Å². The molecule has 0 aliphatic heterocycles. The van der Waals surface area contributed by atoms with E-state index in [-0.39, 0.29) is 5.91 Å². The minimum Gasteiger partial charge on any atom is -0.351 e. The summed E-state index contributed by atoms with van der Waals surface area (Å²) < 4.78 is 0. The van der Waals surface area contributed by atoms with Crippen LogP contribution in [0, 0.1) is 12.3 Å². The minimum atomic E-state index is -0.0911. The lowest BCUT2D eigenvalue weighted by Gasteiger charge is -2.07. The van der Waals surface area contributed by atoms with Gasteiger partial charge in [-0.05, 0) is 23.8 Å². The van der Waals surface area contributed by atoms with Gasteiger partial charge in [-0.15, -0.1) is 6.42 Å². The Morgan fingerprint density at radius 2 is 2.00 bits per heavy atom. The first-order valence-electron chi connectivity index (χ1n) is 6.38. The average molecular weight is 256 g/mol. The third-order valence-electron chi connectivity index (χ3n) is 2.48. The van der Waals surface area contributed by atoms with Crippen LogP contribution in [-0.2, 0) is 4.79 Å². The van der Waals surface area contributed by atoms with E-state index in [1.54, 1.807) is 6.08 Å². The molecule has 0 heterocycles. The zero-order valence-corrected chi connectivity index (χ0v) is 11.4. The highest BCUT2D eigenvalue weighted by Gasteiger charge is 1.96. The number of carbonyl (C=O) groups is 1. The Kier molecular flexibility index (Phi) is 6.42. The van der Waals surface area contributed by atoms with Crippen LogP contribution in [0.1, 0.15) is 25.0 Å². The maximum absolute atomic E-state index is 11.5. The van der Waals surface area contributed by atoms with Crippen LogP contribution in [0.25, 0.3) is 6.08 Å². The molecule has 0 radical (unpaired) electrons. The molecule has 2 N–H and O–H groups in total. The molecule has 1 rings (SSSR count). The lowest BCUT2D eigenvalue weighted by molar-refractivity contribution is -0.116. The summed E-state index contributed by atoms with van der Waals surface area (Å²) in [7, 11) is 0. The van der Waals surface area contributed by atoms with Gasteiger partial charge in [-0.3, -0.25) is 4.79 Å². The number of amides is 1. The SMILES string of the molecule is C#Cc1ccc(C=CC(=O)NCCNC(C)C)cc1. The molecule has 0 aliphatic carbocycles. The molecule has 100 valence electrons. The van der Waals surface area contributed by atoms with E-state index < -0.39 is 0 Å². The van der Waals surface area contributed by atoms with Crippen LogP contribution in [0.4, 0.5) is 0 Å². The fourth-order valence-electron chi connectivity index (χ4n) is 1.47. The van der Waals surface area contributed by atoms with Crippen molar-refractivity contribution in [1.82, 2.24) is 10.6 Å². The molecular formula is C16H20N2O. The van der Waals surface area contributed by atoms with Crippen molar-refractivity contribution in [2.75, 3.05) is 13.1 Å². The van der Waals surface area contributed by atoms with Crippen molar-refractivity contribution in [2.45, 2.75) is 19.9 Å². The Balaban J connectivity index is 2.34. The molecule has 0 spiro atoms. The minimum absolute atomic E-state index is 0.0911. The number of rotatable bonds is 6. The summed E-state index contributed by atoms with van der Waals surface area (Å²) in [5.41, 5.74) is 1.79. The van der Waals surface area contributed by atoms with Gasteiger partial charge >= 0.3 is 0 Å². The summed E-state index contributed by atoms with van der Waals surface area (Å²) >= 11 is 0. The summed E-state index contributed by atoms with van der Waals surface area (Å²) in [5, 5.41) is 6.04.